The van der Waals surface area contributed by atoms with Crippen molar-refractivity contribution in [1.82, 2.24) is 15.0 Å². The zero-order valence-electron chi connectivity index (χ0n) is 15.0. The summed E-state index contributed by atoms with van der Waals surface area (Å²) in [5.74, 6) is 0.985. The van der Waals surface area contributed by atoms with E-state index in [0.717, 1.165) is 47.2 Å². The van der Waals surface area contributed by atoms with Crippen LogP contribution in [0.15, 0.2) is 22.7 Å². The second-order valence-corrected chi connectivity index (χ2v) is 7.07. The number of aromatic nitrogens is 2. The van der Waals surface area contributed by atoms with Crippen LogP contribution in [0.3, 0.4) is 0 Å². The van der Waals surface area contributed by atoms with Crippen LogP contribution >= 0.6 is 0 Å². The Morgan fingerprint density at radius 2 is 2.08 bits per heavy atom. The molecule has 1 aliphatic carbocycles. The lowest BCUT2D eigenvalue weighted by molar-refractivity contribution is 0.0776. The predicted octanol–water partition coefficient (Wildman–Crippen LogP) is 3.92. The minimum absolute atomic E-state index is 0.0149. The molecule has 2 heterocycles. The maximum absolute atomic E-state index is 13.0. The molecule has 0 spiro atoms. The van der Waals surface area contributed by atoms with Crippen LogP contribution in [-0.4, -0.2) is 28.0 Å². The summed E-state index contributed by atoms with van der Waals surface area (Å²) in [4.78, 5) is 17.9. The first kappa shape index (κ1) is 15.9. The first-order valence-electron chi connectivity index (χ1n) is 8.85. The fourth-order valence-electron chi connectivity index (χ4n) is 3.71. The number of carbonyl (C=O) groups excluding carboxylic acids is 1. The lowest BCUT2D eigenvalue weighted by Gasteiger charge is -2.17. The second kappa shape index (κ2) is 6.06. The summed E-state index contributed by atoms with van der Waals surface area (Å²) in [6.07, 6.45) is 4.28. The van der Waals surface area contributed by atoms with Crippen LogP contribution in [-0.2, 0) is 19.4 Å². The Morgan fingerprint density at radius 1 is 1.28 bits per heavy atom. The van der Waals surface area contributed by atoms with Crippen molar-refractivity contribution < 1.29 is 9.32 Å². The number of hydrogen-bond donors (Lipinski definition) is 1. The quantitative estimate of drug-likeness (QED) is 0.788. The van der Waals surface area contributed by atoms with Crippen molar-refractivity contribution in [2.45, 2.75) is 46.1 Å². The number of nitrogens with zero attached hydrogens (tertiary/aromatic N) is 2. The van der Waals surface area contributed by atoms with Gasteiger partial charge in [-0.3, -0.25) is 4.79 Å². The Morgan fingerprint density at radius 3 is 2.92 bits per heavy atom. The van der Waals surface area contributed by atoms with Crippen molar-refractivity contribution in [2.75, 3.05) is 7.05 Å². The monoisotopic (exact) mass is 337 g/mol. The molecule has 0 radical (unpaired) electrons. The van der Waals surface area contributed by atoms with Gasteiger partial charge >= 0.3 is 0 Å². The van der Waals surface area contributed by atoms with Crippen molar-refractivity contribution in [3.8, 4) is 0 Å². The van der Waals surface area contributed by atoms with Gasteiger partial charge in [-0.2, -0.15) is 0 Å². The molecule has 2 aromatic heterocycles. The van der Waals surface area contributed by atoms with Gasteiger partial charge in [0.2, 0.25) is 0 Å². The summed E-state index contributed by atoms with van der Waals surface area (Å²) >= 11 is 0. The van der Waals surface area contributed by atoms with Gasteiger partial charge in [-0.15, -0.1) is 0 Å². The highest BCUT2D eigenvalue weighted by Crippen LogP contribution is 2.26. The van der Waals surface area contributed by atoms with E-state index in [1.165, 1.54) is 17.5 Å². The summed E-state index contributed by atoms with van der Waals surface area (Å²) in [7, 11) is 1.82. The average molecular weight is 337 g/mol. The average Bonchev–Trinajstić information content (AvgIpc) is 3.16. The van der Waals surface area contributed by atoms with Crippen molar-refractivity contribution in [3.05, 3.63) is 52.0 Å². The molecule has 1 aromatic carbocycles. The minimum atomic E-state index is -0.0149. The zero-order chi connectivity index (χ0) is 17.6. The molecule has 0 bridgehead atoms. The summed E-state index contributed by atoms with van der Waals surface area (Å²) in [5.41, 5.74) is 5.94. The SMILES string of the molecule is Cc1ccc2[nH]c(C(=O)N(C)Cc3noc4c3CCCC4)c(C)c2c1. The van der Waals surface area contributed by atoms with Crippen LogP contribution in [0.2, 0.25) is 0 Å². The summed E-state index contributed by atoms with van der Waals surface area (Å²) in [6, 6.07) is 6.20. The number of H-pyrrole nitrogens is 1. The van der Waals surface area contributed by atoms with E-state index < -0.39 is 0 Å². The van der Waals surface area contributed by atoms with E-state index in [2.05, 4.69) is 29.2 Å². The Hall–Kier alpha value is -2.56. The van der Waals surface area contributed by atoms with Gasteiger partial charge in [0.05, 0.1) is 6.54 Å². The van der Waals surface area contributed by atoms with Gasteiger partial charge in [-0.25, -0.2) is 0 Å². The molecule has 130 valence electrons. The Labute approximate surface area is 147 Å². The van der Waals surface area contributed by atoms with Gasteiger partial charge < -0.3 is 14.4 Å². The number of benzene rings is 1. The molecule has 1 amide bonds. The fourth-order valence-corrected chi connectivity index (χ4v) is 3.71. The lowest BCUT2D eigenvalue weighted by Crippen LogP contribution is -2.27. The predicted molar refractivity (Wildman–Crippen MR) is 96.7 cm³/mol. The van der Waals surface area contributed by atoms with Crippen LogP contribution in [0.4, 0.5) is 0 Å². The standard InChI is InChI=1S/C20H23N3O2/c1-12-8-9-16-15(10-12)13(2)19(21-16)20(24)23(3)11-17-14-6-4-5-7-18(14)25-22-17/h8-10,21H,4-7,11H2,1-3H3. The molecular weight excluding hydrogens is 314 g/mol. The highest BCUT2D eigenvalue weighted by molar-refractivity contribution is 6.00. The molecule has 25 heavy (non-hydrogen) atoms. The van der Waals surface area contributed by atoms with E-state index in [-0.39, 0.29) is 5.91 Å². The van der Waals surface area contributed by atoms with E-state index >= 15 is 0 Å². The number of rotatable bonds is 3. The number of nitrogens with one attached hydrogen (secondary N) is 1. The summed E-state index contributed by atoms with van der Waals surface area (Å²) < 4.78 is 5.46. The number of carbonyl (C=O) groups is 1. The van der Waals surface area contributed by atoms with Crippen molar-refractivity contribution in [3.63, 3.8) is 0 Å². The topological polar surface area (TPSA) is 62.1 Å². The van der Waals surface area contributed by atoms with E-state index in [1.54, 1.807) is 4.90 Å². The van der Waals surface area contributed by atoms with Gasteiger partial charge in [0.25, 0.3) is 5.91 Å². The molecule has 5 nitrogen and oxygen atoms in total. The van der Waals surface area contributed by atoms with Crippen LogP contribution in [0.1, 0.15) is 51.5 Å². The Bertz CT molecular complexity index is 951. The van der Waals surface area contributed by atoms with Crippen molar-refractivity contribution in [1.29, 1.82) is 0 Å². The maximum Gasteiger partial charge on any atom is 0.270 e. The highest BCUT2D eigenvalue weighted by Gasteiger charge is 2.23. The summed E-state index contributed by atoms with van der Waals surface area (Å²) in [5, 5.41) is 5.32. The smallest absolute Gasteiger partial charge is 0.270 e. The van der Waals surface area contributed by atoms with E-state index in [1.807, 2.05) is 20.0 Å². The maximum atomic E-state index is 13.0. The normalized spacial score (nSPS) is 13.9. The molecule has 0 atom stereocenters. The third kappa shape index (κ3) is 2.73. The van der Waals surface area contributed by atoms with Gasteiger partial charge in [-0.1, -0.05) is 16.8 Å². The van der Waals surface area contributed by atoms with Crippen LogP contribution in [0, 0.1) is 13.8 Å². The van der Waals surface area contributed by atoms with E-state index in [4.69, 9.17) is 4.52 Å². The first-order valence-corrected chi connectivity index (χ1v) is 8.85. The molecule has 3 aromatic rings. The molecule has 1 N–H and O–H groups in total. The molecular formula is C20H23N3O2. The summed E-state index contributed by atoms with van der Waals surface area (Å²) in [6.45, 7) is 4.54. The Kier molecular flexibility index (Phi) is 3.86. The van der Waals surface area contributed by atoms with Crippen LogP contribution in [0.25, 0.3) is 10.9 Å². The third-order valence-electron chi connectivity index (χ3n) is 5.19. The molecule has 1 aliphatic rings. The molecule has 4 rings (SSSR count). The first-order chi connectivity index (χ1) is 12.0. The van der Waals surface area contributed by atoms with Crippen molar-refractivity contribution in [2.24, 2.45) is 0 Å². The molecule has 0 aliphatic heterocycles. The highest BCUT2D eigenvalue weighted by atomic mass is 16.5. The lowest BCUT2D eigenvalue weighted by atomic mass is 9.96. The van der Waals surface area contributed by atoms with Gasteiger partial charge in [0.15, 0.2) is 0 Å². The molecule has 0 saturated heterocycles. The van der Waals surface area contributed by atoms with Crippen LogP contribution in [0.5, 0.6) is 0 Å². The number of fused-ring (bicyclic) bond motifs is 2. The molecule has 5 heteroatoms. The van der Waals surface area contributed by atoms with Gasteiger partial charge in [-0.05, 0) is 50.8 Å². The molecule has 0 saturated carbocycles. The molecule has 0 fully saturated rings. The van der Waals surface area contributed by atoms with Gasteiger partial charge in [0, 0.05) is 29.9 Å². The van der Waals surface area contributed by atoms with Gasteiger partial charge in [0.1, 0.15) is 17.1 Å². The zero-order valence-corrected chi connectivity index (χ0v) is 15.0. The number of aryl methyl sites for hydroxylation is 3. The number of aromatic amines is 1. The van der Waals surface area contributed by atoms with E-state index in [9.17, 15) is 4.79 Å². The largest absolute Gasteiger partial charge is 0.361 e. The third-order valence-corrected chi connectivity index (χ3v) is 5.19. The number of hydrogen-bond acceptors (Lipinski definition) is 3. The number of amides is 1. The van der Waals surface area contributed by atoms with Crippen LogP contribution < -0.4 is 0 Å². The Balaban J connectivity index is 1.60. The molecule has 0 unspecified atom stereocenters. The minimum Gasteiger partial charge on any atom is -0.361 e. The van der Waals surface area contributed by atoms with E-state index in [0.29, 0.717) is 12.2 Å². The van der Waals surface area contributed by atoms with Crippen molar-refractivity contribution >= 4 is 16.8 Å². The fraction of sp³-hybridized carbons (Fsp3) is 0.400. The second-order valence-electron chi connectivity index (χ2n) is 7.07.